The lowest BCUT2D eigenvalue weighted by Crippen LogP contribution is -1.97. The summed E-state index contributed by atoms with van der Waals surface area (Å²) in [6.07, 6.45) is 5.60. The van der Waals surface area contributed by atoms with Gasteiger partial charge in [-0.2, -0.15) is 0 Å². The first-order valence-corrected chi connectivity index (χ1v) is 5.84. The van der Waals surface area contributed by atoms with Gasteiger partial charge in [0.05, 0.1) is 0 Å². The smallest absolute Gasteiger partial charge is 0.0466 e. The van der Waals surface area contributed by atoms with Crippen LogP contribution in [0.5, 0.6) is 0 Å². The summed E-state index contributed by atoms with van der Waals surface area (Å²) >= 11 is 0. The van der Waals surface area contributed by atoms with E-state index in [4.69, 9.17) is 4.74 Å². The van der Waals surface area contributed by atoms with Crippen molar-refractivity contribution in [1.29, 1.82) is 0 Å². The van der Waals surface area contributed by atoms with Crippen molar-refractivity contribution in [2.45, 2.75) is 32.1 Å². The molecule has 0 heterocycles. The fourth-order valence-corrected chi connectivity index (χ4v) is 1.48. The van der Waals surface area contributed by atoms with E-state index in [9.17, 15) is 0 Å². The van der Waals surface area contributed by atoms with E-state index in [1.165, 1.54) is 18.4 Å². The summed E-state index contributed by atoms with van der Waals surface area (Å²) in [5.74, 6) is 0. The predicted octanol–water partition coefficient (Wildman–Crippen LogP) is 3.64. The Balaban J connectivity index is 1.93. The molecule has 83 valence electrons. The maximum atomic E-state index is 5.47. The number of ether oxygens (including phenoxy) is 1. The zero-order valence-electron chi connectivity index (χ0n) is 9.45. The lowest BCUT2D eigenvalue weighted by atomic mass is 10.1. The Morgan fingerprint density at radius 3 is 2.40 bits per heavy atom. The van der Waals surface area contributed by atoms with Crippen molar-refractivity contribution in [3.05, 3.63) is 42.8 Å². The molecular weight excluding hydrogens is 184 g/mol. The van der Waals surface area contributed by atoms with E-state index in [2.05, 4.69) is 37.3 Å². The molecule has 0 aliphatic heterocycles. The van der Waals surface area contributed by atoms with Gasteiger partial charge in [-0.25, -0.2) is 0 Å². The Bertz CT molecular complexity index is 230. The Kier molecular flexibility index (Phi) is 6.93. The zero-order valence-corrected chi connectivity index (χ0v) is 9.45. The molecule has 1 aromatic carbocycles. The second kappa shape index (κ2) is 8.49. The fraction of sp³-hybridized carbons (Fsp3) is 0.500. The van der Waals surface area contributed by atoms with E-state index in [0.717, 1.165) is 32.5 Å². The van der Waals surface area contributed by atoms with Crippen molar-refractivity contribution in [2.24, 2.45) is 0 Å². The minimum absolute atomic E-state index is 0.870. The first kappa shape index (κ1) is 12.3. The summed E-state index contributed by atoms with van der Waals surface area (Å²) in [5, 5.41) is 0. The third-order valence-electron chi connectivity index (χ3n) is 2.39. The van der Waals surface area contributed by atoms with Gasteiger partial charge in [0, 0.05) is 13.2 Å². The molecule has 0 bridgehead atoms. The lowest BCUT2D eigenvalue weighted by Gasteiger charge is -2.03. The third kappa shape index (κ3) is 6.29. The van der Waals surface area contributed by atoms with Crippen LogP contribution in [0, 0.1) is 6.92 Å². The van der Waals surface area contributed by atoms with Crippen LogP contribution in [0.2, 0.25) is 0 Å². The highest BCUT2D eigenvalue weighted by atomic mass is 16.5. The van der Waals surface area contributed by atoms with E-state index < -0.39 is 0 Å². The standard InChI is InChI=1S/C14H21O/c1-2-3-12-15-13-8-7-11-14-9-5-4-6-10-14/h4-6,9-10H,1-3,7-8,11-13H2. The van der Waals surface area contributed by atoms with Crippen LogP contribution in [-0.2, 0) is 11.2 Å². The summed E-state index contributed by atoms with van der Waals surface area (Å²) in [7, 11) is 0. The molecule has 0 unspecified atom stereocenters. The molecule has 1 radical (unpaired) electrons. The van der Waals surface area contributed by atoms with Gasteiger partial charge in [0.15, 0.2) is 0 Å². The number of unbranched alkanes of at least 4 members (excludes halogenated alkanes) is 2. The normalized spacial score (nSPS) is 10.5. The Morgan fingerprint density at radius 2 is 1.67 bits per heavy atom. The van der Waals surface area contributed by atoms with Crippen molar-refractivity contribution in [3.63, 3.8) is 0 Å². The van der Waals surface area contributed by atoms with E-state index in [-0.39, 0.29) is 0 Å². The van der Waals surface area contributed by atoms with Crippen LogP contribution in [0.1, 0.15) is 31.2 Å². The number of hydrogen-bond acceptors (Lipinski definition) is 1. The molecule has 1 aromatic rings. The van der Waals surface area contributed by atoms with Gasteiger partial charge in [-0.3, -0.25) is 0 Å². The van der Waals surface area contributed by atoms with Crippen LogP contribution in [0.15, 0.2) is 30.3 Å². The second-order valence-corrected chi connectivity index (χ2v) is 3.76. The molecule has 0 atom stereocenters. The highest BCUT2D eigenvalue weighted by Gasteiger charge is 1.92. The van der Waals surface area contributed by atoms with Crippen LogP contribution in [0.3, 0.4) is 0 Å². The zero-order chi connectivity index (χ0) is 10.8. The molecule has 0 N–H and O–H groups in total. The molecule has 0 saturated heterocycles. The van der Waals surface area contributed by atoms with Gasteiger partial charge in [-0.15, -0.1) is 0 Å². The minimum Gasteiger partial charge on any atom is -0.381 e. The molecule has 0 fully saturated rings. The van der Waals surface area contributed by atoms with Gasteiger partial charge in [0.2, 0.25) is 0 Å². The first-order valence-electron chi connectivity index (χ1n) is 5.84. The quantitative estimate of drug-likeness (QED) is 0.589. The van der Waals surface area contributed by atoms with Crippen LogP contribution in [0.25, 0.3) is 0 Å². The molecule has 15 heavy (non-hydrogen) atoms. The predicted molar refractivity (Wildman–Crippen MR) is 64.8 cm³/mol. The van der Waals surface area contributed by atoms with Gasteiger partial charge >= 0.3 is 0 Å². The van der Waals surface area contributed by atoms with E-state index in [1.54, 1.807) is 0 Å². The molecule has 0 spiro atoms. The Morgan fingerprint density at radius 1 is 0.933 bits per heavy atom. The van der Waals surface area contributed by atoms with Gasteiger partial charge in [-0.1, -0.05) is 43.7 Å². The van der Waals surface area contributed by atoms with Crippen molar-refractivity contribution in [1.82, 2.24) is 0 Å². The summed E-state index contributed by atoms with van der Waals surface area (Å²) in [5.41, 5.74) is 1.43. The highest BCUT2D eigenvalue weighted by molar-refractivity contribution is 5.14. The fourth-order valence-electron chi connectivity index (χ4n) is 1.48. The third-order valence-corrected chi connectivity index (χ3v) is 2.39. The summed E-state index contributed by atoms with van der Waals surface area (Å²) in [4.78, 5) is 0. The number of rotatable bonds is 8. The van der Waals surface area contributed by atoms with E-state index >= 15 is 0 Å². The van der Waals surface area contributed by atoms with Crippen LogP contribution < -0.4 is 0 Å². The maximum absolute atomic E-state index is 5.47. The minimum atomic E-state index is 0.870. The molecule has 1 nitrogen and oxygen atoms in total. The number of aryl methyl sites for hydroxylation is 1. The van der Waals surface area contributed by atoms with Crippen molar-refractivity contribution in [3.8, 4) is 0 Å². The van der Waals surface area contributed by atoms with E-state index in [0.29, 0.717) is 0 Å². The Labute approximate surface area is 93.5 Å². The van der Waals surface area contributed by atoms with Gasteiger partial charge in [0.1, 0.15) is 0 Å². The van der Waals surface area contributed by atoms with Crippen molar-refractivity contribution < 1.29 is 4.74 Å². The number of benzene rings is 1. The van der Waals surface area contributed by atoms with Crippen molar-refractivity contribution >= 4 is 0 Å². The van der Waals surface area contributed by atoms with Gasteiger partial charge < -0.3 is 4.74 Å². The molecule has 0 aliphatic carbocycles. The average Bonchev–Trinajstić information content (AvgIpc) is 2.29. The molecule has 0 saturated carbocycles. The van der Waals surface area contributed by atoms with Gasteiger partial charge in [-0.05, 0) is 31.2 Å². The van der Waals surface area contributed by atoms with Crippen LogP contribution in [-0.4, -0.2) is 13.2 Å². The van der Waals surface area contributed by atoms with E-state index in [1.807, 2.05) is 0 Å². The average molecular weight is 205 g/mol. The molecule has 0 amide bonds. The number of hydrogen-bond donors (Lipinski definition) is 0. The molecule has 1 heteroatoms. The largest absolute Gasteiger partial charge is 0.381 e. The second-order valence-electron chi connectivity index (χ2n) is 3.76. The lowest BCUT2D eigenvalue weighted by molar-refractivity contribution is 0.128. The molecule has 0 aromatic heterocycles. The summed E-state index contributed by atoms with van der Waals surface area (Å²) < 4.78 is 5.47. The van der Waals surface area contributed by atoms with Crippen molar-refractivity contribution in [2.75, 3.05) is 13.2 Å². The van der Waals surface area contributed by atoms with Gasteiger partial charge in [0.25, 0.3) is 0 Å². The maximum Gasteiger partial charge on any atom is 0.0466 e. The summed E-state index contributed by atoms with van der Waals surface area (Å²) in [6.45, 7) is 5.54. The first-order chi connectivity index (χ1) is 7.43. The summed E-state index contributed by atoms with van der Waals surface area (Å²) in [6, 6.07) is 10.6. The molecule has 0 aliphatic rings. The van der Waals surface area contributed by atoms with Crippen LogP contribution in [0.4, 0.5) is 0 Å². The SMILES string of the molecule is [CH2]CCCOCCCCc1ccccc1. The van der Waals surface area contributed by atoms with Crippen LogP contribution >= 0.6 is 0 Å². The molecular formula is C14H21O. The topological polar surface area (TPSA) is 9.23 Å². The Hall–Kier alpha value is -0.820. The molecule has 1 rings (SSSR count). The monoisotopic (exact) mass is 205 g/mol. The highest BCUT2D eigenvalue weighted by Crippen LogP contribution is 2.04.